The number of carbonyl (C=O) groups is 1. The maximum absolute atomic E-state index is 10.6. The molecule has 0 atom stereocenters. The van der Waals surface area contributed by atoms with Gasteiger partial charge in [0.1, 0.15) is 12.3 Å². The third kappa shape index (κ3) is 2.62. The van der Waals surface area contributed by atoms with E-state index in [1.165, 1.54) is 10.9 Å². The van der Waals surface area contributed by atoms with E-state index in [1.807, 2.05) is 0 Å². The zero-order valence-electron chi connectivity index (χ0n) is 9.63. The Hall–Kier alpha value is -2.01. The number of aromatic nitrogens is 2. The van der Waals surface area contributed by atoms with Crippen molar-refractivity contribution < 1.29 is 14.6 Å². The molecule has 2 rings (SSSR count). The quantitative estimate of drug-likeness (QED) is 0.924. The molecule has 1 aromatic heterocycles. The monoisotopic (exact) mass is 266 g/mol. The fraction of sp³-hybridized carbons (Fsp3) is 0.167. The molecule has 0 unspecified atom stereocenters. The van der Waals surface area contributed by atoms with Crippen molar-refractivity contribution in [2.75, 3.05) is 0 Å². The first-order chi connectivity index (χ1) is 8.58. The van der Waals surface area contributed by atoms with E-state index in [4.69, 9.17) is 21.4 Å². The minimum Gasteiger partial charge on any atom is -0.480 e. The van der Waals surface area contributed by atoms with Crippen LogP contribution in [-0.2, 0) is 11.3 Å². The Bertz CT molecular complexity index is 580. The van der Waals surface area contributed by atoms with Gasteiger partial charge in [0.05, 0.1) is 16.9 Å². The third-order valence-electron chi connectivity index (χ3n) is 2.40. The van der Waals surface area contributed by atoms with E-state index in [1.54, 1.807) is 31.2 Å². The number of hydrogen-bond donors (Lipinski definition) is 1. The smallest absolute Gasteiger partial charge is 0.325 e. The molecule has 0 amide bonds. The van der Waals surface area contributed by atoms with Gasteiger partial charge in [-0.25, -0.2) is 0 Å². The Kier molecular flexibility index (Phi) is 3.53. The summed E-state index contributed by atoms with van der Waals surface area (Å²) in [4.78, 5) is 10.6. The van der Waals surface area contributed by atoms with Gasteiger partial charge in [-0.3, -0.25) is 9.48 Å². The second-order valence-electron chi connectivity index (χ2n) is 3.68. The molecule has 18 heavy (non-hydrogen) atoms. The average molecular weight is 267 g/mol. The molecule has 94 valence electrons. The van der Waals surface area contributed by atoms with Gasteiger partial charge in [0.2, 0.25) is 0 Å². The van der Waals surface area contributed by atoms with E-state index < -0.39 is 5.97 Å². The molecular weight excluding hydrogens is 256 g/mol. The van der Waals surface area contributed by atoms with E-state index in [-0.39, 0.29) is 6.54 Å². The fourth-order valence-electron chi connectivity index (χ4n) is 1.46. The molecule has 0 aliphatic heterocycles. The lowest BCUT2D eigenvalue weighted by Gasteiger charge is -2.06. The average Bonchev–Trinajstić information content (AvgIpc) is 2.64. The highest BCUT2D eigenvalue weighted by Crippen LogP contribution is 2.30. The van der Waals surface area contributed by atoms with Crippen LogP contribution in [0.4, 0.5) is 0 Å². The van der Waals surface area contributed by atoms with E-state index >= 15 is 0 Å². The molecule has 0 aliphatic carbocycles. The second kappa shape index (κ2) is 5.10. The number of halogens is 1. The summed E-state index contributed by atoms with van der Waals surface area (Å²) in [6.45, 7) is 1.54. The zero-order chi connectivity index (χ0) is 13.1. The van der Waals surface area contributed by atoms with Crippen molar-refractivity contribution in [3.05, 3.63) is 41.2 Å². The summed E-state index contributed by atoms with van der Waals surface area (Å²) in [5.41, 5.74) is 0.636. The summed E-state index contributed by atoms with van der Waals surface area (Å²) in [7, 11) is 0. The molecular formula is C12H11ClN2O3. The molecule has 6 heteroatoms. The molecule has 1 aromatic carbocycles. The predicted molar refractivity (Wildman–Crippen MR) is 66.1 cm³/mol. The van der Waals surface area contributed by atoms with Crippen LogP contribution < -0.4 is 4.74 Å². The Morgan fingerprint density at radius 2 is 2.17 bits per heavy atom. The third-order valence-corrected chi connectivity index (χ3v) is 2.71. The summed E-state index contributed by atoms with van der Waals surface area (Å²) in [5.74, 6) is 0.0481. The highest BCUT2D eigenvalue weighted by molar-refractivity contribution is 6.32. The largest absolute Gasteiger partial charge is 0.480 e. The van der Waals surface area contributed by atoms with Gasteiger partial charge in [0, 0.05) is 0 Å². The van der Waals surface area contributed by atoms with Crippen molar-refractivity contribution in [2.45, 2.75) is 13.5 Å². The van der Waals surface area contributed by atoms with Crippen LogP contribution in [0.1, 0.15) is 5.69 Å². The SMILES string of the molecule is Cc1c(Oc2ccccc2Cl)cnn1CC(=O)O. The van der Waals surface area contributed by atoms with Gasteiger partial charge in [-0.05, 0) is 19.1 Å². The molecule has 2 aromatic rings. The summed E-state index contributed by atoms with van der Waals surface area (Å²) < 4.78 is 6.95. The van der Waals surface area contributed by atoms with Gasteiger partial charge < -0.3 is 9.84 Å². The van der Waals surface area contributed by atoms with Gasteiger partial charge in [0.25, 0.3) is 0 Å². The predicted octanol–water partition coefficient (Wildman–Crippen LogP) is 2.72. The van der Waals surface area contributed by atoms with Crippen LogP contribution in [0.15, 0.2) is 30.5 Å². The fourth-order valence-corrected chi connectivity index (χ4v) is 1.64. The van der Waals surface area contributed by atoms with Gasteiger partial charge in [-0.15, -0.1) is 0 Å². The number of ether oxygens (including phenoxy) is 1. The normalized spacial score (nSPS) is 10.3. The van der Waals surface area contributed by atoms with Crippen LogP contribution in [0.25, 0.3) is 0 Å². The Morgan fingerprint density at radius 1 is 1.44 bits per heavy atom. The molecule has 1 heterocycles. The van der Waals surface area contributed by atoms with Crippen LogP contribution in [0.5, 0.6) is 11.5 Å². The zero-order valence-corrected chi connectivity index (χ0v) is 10.4. The number of aliphatic carboxylic acids is 1. The lowest BCUT2D eigenvalue weighted by atomic mass is 10.3. The molecule has 0 fully saturated rings. The summed E-state index contributed by atoms with van der Waals surface area (Å²) >= 11 is 5.97. The second-order valence-corrected chi connectivity index (χ2v) is 4.09. The lowest BCUT2D eigenvalue weighted by molar-refractivity contribution is -0.137. The van der Waals surface area contributed by atoms with E-state index in [9.17, 15) is 4.79 Å². The molecule has 1 N–H and O–H groups in total. The van der Waals surface area contributed by atoms with Gasteiger partial charge in [0.15, 0.2) is 5.75 Å². The molecule has 5 nitrogen and oxygen atoms in total. The van der Waals surface area contributed by atoms with Crippen LogP contribution in [0.2, 0.25) is 5.02 Å². The minimum absolute atomic E-state index is 0.197. The molecule has 0 bridgehead atoms. The number of benzene rings is 1. The number of para-hydroxylation sites is 1. The van der Waals surface area contributed by atoms with Crippen molar-refractivity contribution >= 4 is 17.6 Å². The highest BCUT2D eigenvalue weighted by atomic mass is 35.5. The molecule has 0 saturated carbocycles. The maximum Gasteiger partial charge on any atom is 0.325 e. The first-order valence-corrected chi connectivity index (χ1v) is 5.62. The van der Waals surface area contributed by atoms with Crippen LogP contribution >= 0.6 is 11.6 Å². The first kappa shape index (κ1) is 12.4. The van der Waals surface area contributed by atoms with Crippen molar-refractivity contribution in [2.24, 2.45) is 0 Å². The highest BCUT2D eigenvalue weighted by Gasteiger charge is 2.11. The standard InChI is InChI=1S/C12H11ClN2O3/c1-8-11(6-14-15(8)7-12(16)17)18-10-5-3-2-4-9(10)13/h2-6H,7H2,1H3,(H,16,17). The molecule has 0 aliphatic rings. The summed E-state index contributed by atoms with van der Waals surface area (Å²) in [6.07, 6.45) is 1.47. The van der Waals surface area contributed by atoms with Crippen molar-refractivity contribution in [3.8, 4) is 11.5 Å². The van der Waals surface area contributed by atoms with Crippen LogP contribution in [-0.4, -0.2) is 20.9 Å². The summed E-state index contributed by atoms with van der Waals surface area (Å²) in [6, 6.07) is 7.05. The number of carboxylic acid groups (broad SMARTS) is 1. The number of rotatable bonds is 4. The van der Waals surface area contributed by atoms with E-state index in [2.05, 4.69) is 5.10 Å². The Labute approximate surface area is 109 Å². The topological polar surface area (TPSA) is 64.4 Å². The number of nitrogens with zero attached hydrogens (tertiary/aromatic N) is 2. The molecule has 0 radical (unpaired) electrons. The van der Waals surface area contributed by atoms with E-state index in [0.717, 1.165) is 0 Å². The first-order valence-electron chi connectivity index (χ1n) is 5.24. The maximum atomic E-state index is 10.6. The van der Waals surface area contributed by atoms with Gasteiger partial charge in [-0.1, -0.05) is 23.7 Å². The van der Waals surface area contributed by atoms with Gasteiger partial charge >= 0.3 is 5.97 Å². The lowest BCUT2D eigenvalue weighted by Crippen LogP contribution is -2.11. The minimum atomic E-state index is -0.953. The summed E-state index contributed by atoms with van der Waals surface area (Å²) in [5, 5.41) is 13.1. The molecule has 0 saturated heterocycles. The number of hydrogen-bond acceptors (Lipinski definition) is 3. The van der Waals surface area contributed by atoms with Crippen molar-refractivity contribution in [1.82, 2.24) is 9.78 Å². The van der Waals surface area contributed by atoms with Crippen molar-refractivity contribution in [1.29, 1.82) is 0 Å². The molecule has 0 spiro atoms. The van der Waals surface area contributed by atoms with Crippen LogP contribution in [0, 0.1) is 6.92 Å². The van der Waals surface area contributed by atoms with Crippen molar-refractivity contribution in [3.63, 3.8) is 0 Å². The Morgan fingerprint density at radius 3 is 2.83 bits per heavy atom. The van der Waals surface area contributed by atoms with Gasteiger partial charge in [-0.2, -0.15) is 5.10 Å². The number of carboxylic acids is 1. The van der Waals surface area contributed by atoms with Crippen LogP contribution in [0.3, 0.4) is 0 Å². The van der Waals surface area contributed by atoms with E-state index in [0.29, 0.717) is 22.2 Å². The Balaban J connectivity index is 2.23.